The van der Waals surface area contributed by atoms with Gasteiger partial charge in [0.15, 0.2) is 0 Å². The Balaban J connectivity index is 3.62. The molecule has 8 heavy (non-hydrogen) atoms. The third-order valence-electron chi connectivity index (χ3n) is 1.62. The zero-order valence-electron chi connectivity index (χ0n) is 6.65. The molecule has 0 saturated heterocycles. The Kier molecular flexibility index (Phi) is 2.70. The van der Waals surface area contributed by atoms with Gasteiger partial charge < -0.3 is 4.57 Å². The second-order valence-electron chi connectivity index (χ2n) is 3.18. The molecule has 0 atom stereocenters. The molecule has 0 heterocycles. The van der Waals surface area contributed by atoms with Crippen molar-refractivity contribution in [2.24, 2.45) is 0 Å². The van der Waals surface area contributed by atoms with E-state index in [0.717, 1.165) is 0 Å². The maximum atomic E-state index is 2.45. The lowest BCUT2D eigenvalue weighted by Gasteiger charge is -2.30. The highest BCUT2D eigenvalue weighted by Gasteiger charge is 2.13. The van der Waals surface area contributed by atoms with Crippen LogP contribution in [0.15, 0.2) is 0 Å². The largest absolute Gasteiger partial charge is 0.328 e. The summed E-state index contributed by atoms with van der Waals surface area (Å²) in [5.41, 5.74) is 0.404. The van der Waals surface area contributed by atoms with E-state index in [0.29, 0.717) is 5.54 Å². The van der Waals surface area contributed by atoms with Crippen LogP contribution in [0.25, 0.3) is 0 Å². The van der Waals surface area contributed by atoms with E-state index in [2.05, 4.69) is 38.9 Å². The quantitative estimate of drug-likeness (QED) is 0.477. The van der Waals surface area contributed by atoms with Crippen molar-refractivity contribution in [2.45, 2.75) is 32.9 Å². The first-order valence-electron chi connectivity index (χ1n) is 3.19. The fourth-order valence-electron chi connectivity index (χ4n) is 0.474. The fraction of sp³-hybridized carbons (Fsp3) is 1.00. The normalized spacial score (nSPS) is 14.2. The summed E-state index contributed by atoms with van der Waals surface area (Å²) in [5, 5.41) is 0. The predicted molar refractivity (Wildman–Crippen MR) is 41.9 cm³/mol. The zero-order chi connectivity index (χ0) is 6.78. The van der Waals surface area contributed by atoms with Crippen LogP contribution in [-0.4, -0.2) is 26.8 Å². The Morgan fingerprint density at radius 2 is 1.62 bits per heavy atom. The molecule has 0 aromatic rings. The van der Waals surface area contributed by atoms with Gasteiger partial charge in [-0.3, -0.25) is 0 Å². The first-order chi connectivity index (χ1) is 3.48. The lowest BCUT2D eigenvalue weighted by Crippen LogP contribution is -2.39. The van der Waals surface area contributed by atoms with E-state index in [4.69, 9.17) is 0 Å². The van der Waals surface area contributed by atoms with Gasteiger partial charge in [0, 0.05) is 5.54 Å². The molecule has 1 nitrogen and oxygen atoms in total. The van der Waals surface area contributed by atoms with E-state index >= 15 is 0 Å². The topological polar surface area (TPSA) is 3.24 Å². The average molecular weight is 131 g/mol. The number of nitrogens with zero attached hydrogens (tertiary/aromatic N) is 1. The lowest BCUT2D eigenvalue weighted by atomic mass is 10.1. The predicted octanol–water partition coefficient (Wildman–Crippen LogP) is 0.849. The number of rotatable bonds is 1. The van der Waals surface area contributed by atoms with Gasteiger partial charge in [0.05, 0.1) is 9.68 Å². The van der Waals surface area contributed by atoms with Gasteiger partial charge in [0.2, 0.25) is 0 Å². The molecular formula is C6H17NSi. The lowest BCUT2D eigenvalue weighted by molar-refractivity contribution is 0.300. The standard InChI is InChI=1S/C6H17NSi/c1-6(2,3)7(4)8-5/h8H2,1-5H3. The molecule has 0 amide bonds. The van der Waals surface area contributed by atoms with Crippen LogP contribution >= 0.6 is 0 Å². The Labute approximate surface area is 55.0 Å². The molecule has 0 rings (SSSR count). The van der Waals surface area contributed by atoms with Crippen LogP contribution in [0, 0.1) is 0 Å². The molecule has 0 spiro atoms. The SMILES string of the molecule is C[SiH2]N(C)C(C)(C)C. The smallest absolute Gasteiger partial charge is 0.0922 e. The van der Waals surface area contributed by atoms with Gasteiger partial charge in [0.1, 0.15) is 0 Å². The molecule has 0 unspecified atom stereocenters. The number of hydrogen-bond acceptors (Lipinski definition) is 1. The third kappa shape index (κ3) is 2.48. The molecule has 0 aliphatic carbocycles. The molecule has 0 aromatic heterocycles. The maximum absolute atomic E-state index is 2.45. The monoisotopic (exact) mass is 131 g/mol. The maximum Gasteiger partial charge on any atom is 0.0922 e. The molecule has 0 aliphatic rings. The molecule has 0 radical (unpaired) electrons. The van der Waals surface area contributed by atoms with Crippen molar-refractivity contribution in [2.75, 3.05) is 7.05 Å². The molecule has 0 saturated carbocycles. The van der Waals surface area contributed by atoms with E-state index in [-0.39, 0.29) is 9.68 Å². The van der Waals surface area contributed by atoms with Gasteiger partial charge in [-0.25, -0.2) is 0 Å². The Morgan fingerprint density at radius 1 is 1.25 bits per heavy atom. The van der Waals surface area contributed by atoms with E-state index in [1.807, 2.05) is 0 Å². The van der Waals surface area contributed by atoms with Crippen molar-refractivity contribution in [3.63, 3.8) is 0 Å². The molecule has 0 fully saturated rings. The molecule has 0 aliphatic heterocycles. The molecule has 0 bridgehead atoms. The highest BCUT2D eigenvalue weighted by Crippen LogP contribution is 2.07. The summed E-state index contributed by atoms with van der Waals surface area (Å²) in [6.07, 6.45) is 0. The van der Waals surface area contributed by atoms with Crippen LogP contribution in [-0.2, 0) is 0 Å². The second-order valence-corrected chi connectivity index (χ2v) is 4.77. The Morgan fingerprint density at radius 3 is 1.62 bits per heavy atom. The highest BCUT2D eigenvalue weighted by molar-refractivity contribution is 6.29. The first-order valence-corrected chi connectivity index (χ1v) is 5.24. The van der Waals surface area contributed by atoms with Crippen LogP contribution in [0.5, 0.6) is 0 Å². The third-order valence-corrected chi connectivity index (χ3v) is 3.52. The van der Waals surface area contributed by atoms with Gasteiger partial charge in [0.25, 0.3) is 0 Å². The van der Waals surface area contributed by atoms with Gasteiger partial charge in [-0.15, -0.1) is 0 Å². The van der Waals surface area contributed by atoms with Crippen LogP contribution in [0.2, 0.25) is 6.55 Å². The first kappa shape index (κ1) is 8.18. The molecular weight excluding hydrogens is 114 g/mol. The average Bonchev–Trinajstić information content (AvgIpc) is 1.62. The van der Waals surface area contributed by atoms with E-state index < -0.39 is 0 Å². The summed E-state index contributed by atoms with van der Waals surface area (Å²) in [7, 11) is 2.27. The minimum atomic E-state index is 0.0675. The van der Waals surface area contributed by atoms with Crippen LogP contribution in [0.3, 0.4) is 0 Å². The van der Waals surface area contributed by atoms with Crippen molar-refractivity contribution in [3.05, 3.63) is 0 Å². The molecule has 2 heteroatoms. The van der Waals surface area contributed by atoms with Gasteiger partial charge >= 0.3 is 0 Å². The van der Waals surface area contributed by atoms with E-state index in [1.54, 1.807) is 0 Å². The summed E-state index contributed by atoms with van der Waals surface area (Å²) in [6, 6.07) is 0. The van der Waals surface area contributed by atoms with Crippen LogP contribution in [0.4, 0.5) is 0 Å². The minimum absolute atomic E-state index is 0.0675. The van der Waals surface area contributed by atoms with E-state index in [9.17, 15) is 0 Å². The van der Waals surface area contributed by atoms with Gasteiger partial charge in [-0.1, -0.05) is 6.55 Å². The fourth-order valence-corrected chi connectivity index (χ4v) is 1.42. The van der Waals surface area contributed by atoms with E-state index in [1.165, 1.54) is 0 Å². The number of hydrogen-bond donors (Lipinski definition) is 0. The summed E-state index contributed by atoms with van der Waals surface area (Å²) >= 11 is 0. The van der Waals surface area contributed by atoms with Gasteiger partial charge in [-0.05, 0) is 27.8 Å². The van der Waals surface area contributed by atoms with Crippen LogP contribution in [0.1, 0.15) is 20.8 Å². The summed E-state index contributed by atoms with van der Waals surface area (Å²) in [4.78, 5) is 0. The zero-order valence-corrected chi connectivity index (χ0v) is 8.07. The second kappa shape index (κ2) is 2.64. The minimum Gasteiger partial charge on any atom is -0.328 e. The van der Waals surface area contributed by atoms with Gasteiger partial charge in [-0.2, -0.15) is 0 Å². The van der Waals surface area contributed by atoms with Crippen molar-refractivity contribution in [1.29, 1.82) is 0 Å². The summed E-state index contributed by atoms with van der Waals surface area (Å²) in [6.45, 7) is 9.07. The van der Waals surface area contributed by atoms with Crippen molar-refractivity contribution in [3.8, 4) is 0 Å². The van der Waals surface area contributed by atoms with Crippen molar-refractivity contribution >= 4 is 9.68 Å². The van der Waals surface area contributed by atoms with Crippen molar-refractivity contribution < 1.29 is 0 Å². The van der Waals surface area contributed by atoms with Crippen molar-refractivity contribution in [1.82, 2.24) is 4.57 Å². The molecule has 0 aromatic carbocycles. The van der Waals surface area contributed by atoms with Crippen LogP contribution < -0.4 is 0 Å². The molecule has 0 N–H and O–H groups in total. The Hall–Kier alpha value is 0.177. The Bertz CT molecular complexity index is 65.4. The summed E-state index contributed by atoms with van der Waals surface area (Å²) < 4.78 is 2.45. The highest BCUT2D eigenvalue weighted by atomic mass is 28.2. The summed E-state index contributed by atoms with van der Waals surface area (Å²) in [5.74, 6) is 0. The molecule has 50 valence electrons.